The van der Waals surface area contributed by atoms with Crippen molar-refractivity contribution in [3.8, 4) is 5.75 Å². The van der Waals surface area contributed by atoms with Crippen LogP contribution in [0.4, 0.5) is 8.78 Å². The Morgan fingerprint density at radius 3 is 2.58 bits per heavy atom. The van der Waals surface area contributed by atoms with E-state index in [1.54, 1.807) is 12.1 Å². The highest BCUT2D eigenvalue weighted by atomic mass is 127. The van der Waals surface area contributed by atoms with Gasteiger partial charge in [-0.2, -0.15) is 8.78 Å². The van der Waals surface area contributed by atoms with Gasteiger partial charge in [0, 0.05) is 32.6 Å². The number of guanidine groups is 1. The third-order valence-corrected chi connectivity index (χ3v) is 4.36. The Labute approximate surface area is 170 Å². The second kappa shape index (κ2) is 11.5. The van der Waals surface area contributed by atoms with Crippen LogP contribution in [0.1, 0.15) is 31.7 Å². The molecule has 1 aromatic carbocycles. The first-order valence-electron chi connectivity index (χ1n) is 8.71. The van der Waals surface area contributed by atoms with E-state index in [1.807, 2.05) is 18.9 Å². The second-order valence-electron chi connectivity index (χ2n) is 6.33. The maximum absolute atomic E-state index is 12.2. The molecule has 0 radical (unpaired) electrons. The molecule has 1 saturated carbocycles. The first kappa shape index (κ1) is 22.9. The standard InChI is InChI=1S/C18H27F2N3O2.HI/c1-3-21-18(22-11-14-5-4-6-16(14)24)23(2)12-13-7-9-15(10-8-13)25-17(19)20;/h7-10,14,16-17,24H,3-6,11-12H2,1-2H3,(H,21,22);1H. The monoisotopic (exact) mass is 483 g/mol. The number of nitrogens with zero attached hydrogens (tertiary/aromatic N) is 2. The third kappa shape index (κ3) is 7.22. The van der Waals surface area contributed by atoms with Crippen LogP contribution < -0.4 is 10.1 Å². The van der Waals surface area contributed by atoms with Crippen molar-refractivity contribution in [1.82, 2.24) is 10.2 Å². The van der Waals surface area contributed by atoms with Crippen LogP contribution in [0.5, 0.6) is 5.75 Å². The van der Waals surface area contributed by atoms with Crippen LogP contribution in [-0.2, 0) is 6.54 Å². The topological polar surface area (TPSA) is 57.1 Å². The third-order valence-electron chi connectivity index (χ3n) is 4.36. The van der Waals surface area contributed by atoms with E-state index in [1.165, 1.54) is 12.1 Å². The van der Waals surface area contributed by atoms with Crippen molar-refractivity contribution < 1.29 is 18.6 Å². The fourth-order valence-electron chi connectivity index (χ4n) is 3.03. The zero-order valence-corrected chi connectivity index (χ0v) is 17.5. The molecule has 1 aliphatic rings. The average molecular weight is 483 g/mol. The molecule has 0 aliphatic heterocycles. The van der Waals surface area contributed by atoms with E-state index in [4.69, 9.17) is 0 Å². The van der Waals surface area contributed by atoms with E-state index in [9.17, 15) is 13.9 Å². The normalized spacial score (nSPS) is 20.0. The van der Waals surface area contributed by atoms with E-state index in [2.05, 4.69) is 15.0 Å². The minimum atomic E-state index is -2.81. The molecule has 0 heterocycles. The fourth-order valence-corrected chi connectivity index (χ4v) is 3.03. The van der Waals surface area contributed by atoms with Crippen molar-refractivity contribution in [3.05, 3.63) is 29.8 Å². The van der Waals surface area contributed by atoms with Gasteiger partial charge in [0.25, 0.3) is 0 Å². The number of aliphatic hydroxyl groups is 1. The van der Waals surface area contributed by atoms with Gasteiger partial charge in [-0.1, -0.05) is 18.6 Å². The Balaban J connectivity index is 0.00000338. The van der Waals surface area contributed by atoms with Gasteiger partial charge >= 0.3 is 6.61 Å². The van der Waals surface area contributed by atoms with Gasteiger partial charge in [-0.3, -0.25) is 4.99 Å². The minimum absolute atomic E-state index is 0. The Hall–Kier alpha value is -1.16. The van der Waals surface area contributed by atoms with Gasteiger partial charge in [0.15, 0.2) is 5.96 Å². The number of nitrogens with one attached hydrogen (secondary N) is 1. The molecular weight excluding hydrogens is 455 g/mol. The van der Waals surface area contributed by atoms with Crippen molar-refractivity contribution in [2.75, 3.05) is 20.1 Å². The van der Waals surface area contributed by atoms with Crippen LogP contribution in [0, 0.1) is 5.92 Å². The van der Waals surface area contributed by atoms with Gasteiger partial charge in [0.2, 0.25) is 0 Å². The van der Waals surface area contributed by atoms with Gasteiger partial charge in [0.05, 0.1) is 6.10 Å². The molecule has 1 aliphatic carbocycles. The Morgan fingerprint density at radius 1 is 1.35 bits per heavy atom. The molecule has 1 fully saturated rings. The summed E-state index contributed by atoms with van der Waals surface area (Å²) in [6.45, 7) is 1.14. The van der Waals surface area contributed by atoms with Crippen LogP contribution in [-0.4, -0.2) is 48.8 Å². The highest BCUT2D eigenvalue weighted by Crippen LogP contribution is 2.25. The molecule has 1 aromatic rings. The number of ether oxygens (including phenoxy) is 1. The van der Waals surface area contributed by atoms with Crippen LogP contribution in [0.15, 0.2) is 29.3 Å². The van der Waals surface area contributed by atoms with Crippen LogP contribution >= 0.6 is 24.0 Å². The van der Waals surface area contributed by atoms with Crippen molar-refractivity contribution in [2.45, 2.75) is 45.4 Å². The quantitative estimate of drug-likeness (QED) is 0.355. The summed E-state index contributed by atoms with van der Waals surface area (Å²) in [6, 6.07) is 6.60. The molecular formula is C18H28F2IN3O2. The zero-order valence-electron chi connectivity index (χ0n) is 15.2. The number of aliphatic hydroxyl groups excluding tert-OH is 1. The molecule has 2 unspecified atom stereocenters. The largest absolute Gasteiger partial charge is 0.435 e. The van der Waals surface area contributed by atoms with Gasteiger partial charge in [-0.05, 0) is 37.5 Å². The summed E-state index contributed by atoms with van der Waals surface area (Å²) in [7, 11) is 1.93. The summed E-state index contributed by atoms with van der Waals surface area (Å²) in [5.74, 6) is 1.15. The van der Waals surface area contributed by atoms with Crippen LogP contribution in [0.25, 0.3) is 0 Å². The van der Waals surface area contributed by atoms with Gasteiger partial charge in [-0.25, -0.2) is 0 Å². The van der Waals surface area contributed by atoms with E-state index in [-0.39, 0.29) is 41.7 Å². The van der Waals surface area contributed by atoms with Gasteiger partial charge in [0.1, 0.15) is 5.75 Å². The van der Waals surface area contributed by atoms with Crippen molar-refractivity contribution >= 4 is 29.9 Å². The lowest BCUT2D eigenvalue weighted by Crippen LogP contribution is -2.39. The number of benzene rings is 1. The maximum atomic E-state index is 12.2. The SMILES string of the molecule is CCNC(=NCC1CCCC1O)N(C)Cc1ccc(OC(F)F)cc1.I. The fraction of sp³-hybridized carbons (Fsp3) is 0.611. The lowest BCUT2D eigenvalue weighted by molar-refractivity contribution is -0.0498. The summed E-state index contributed by atoms with van der Waals surface area (Å²) in [5, 5.41) is 13.2. The number of hydrogen-bond donors (Lipinski definition) is 2. The molecule has 2 rings (SSSR count). The number of hydrogen-bond acceptors (Lipinski definition) is 3. The highest BCUT2D eigenvalue weighted by Gasteiger charge is 2.25. The predicted octanol–water partition coefficient (Wildman–Crippen LogP) is 3.46. The zero-order chi connectivity index (χ0) is 18.2. The summed E-state index contributed by atoms with van der Waals surface area (Å²) >= 11 is 0. The molecule has 2 atom stereocenters. The van der Waals surface area contributed by atoms with Crippen molar-refractivity contribution in [2.24, 2.45) is 10.9 Å². The number of aliphatic imine (C=N–C) groups is 1. The maximum Gasteiger partial charge on any atom is 0.387 e. The summed E-state index contributed by atoms with van der Waals surface area (Å²) in [5.41, 5.74) is 0.968. The molecule has 0 saturated heterocycles. The first-order chi connectivity index (χ1) is 12.0. The molecule has 148 valence electrons. The van der Waals surface area contributed by atoms with Crippen molar-refractivity contribution in [1.29, 1.82) is 0 Å². The second-order valence-corrected chi connectivity index (χ2v) is 6.33. The van der Waals surface area contributed by atoms with Gasteiger partial charge < -0.3 is 20.1 Å². The Morgan fingerprint density at radius 2 is 2.04 bits per heavy atom. The van der Waals surface area contributed by atoms with E-state index >= 15 is 0 Å². The van der Waals surface area contributed by atoms with E-state index in [0.29, 0.717) is 13.1 Å². The molecule has 5 nitrogen and oxygen atoms in total. The molecule has 26 heavy (non-hydrogen) atoms. The summed E-state index contributed by atoms with van der Waals surface area (Å²) in [6.07, 6.45) is 2.68. The lowest BCUT2D eigenvalue weighted by Gasteiger charge is -2.23. The number of rotatable bonds is 7. The highest BCUT2D eigenvalue weighted by molar-refractivity contribution is 14.0. The van der Waals surface area contributed by atoms with Crippen LogP contribution in [0.3, 0.4) is 0 Å². The average Bonchev–Trinajstić information content (AvgIpc) is 2.98. The molecule has 2 N–H and O–H groups in total. The van der Waals surface area contributed by atoms with Gasteiger partial charge in [-0.15, -0.1) is 24.0 Å². The summed E-state index contributed by atoms with van der Waals surface area (Å²) in [4.78, 5) is 6.63. The first-order valence-corrected chi connectivity index (χ1v) is 8.71. The van der Waals surface area contributed by atoms with Crippen LogP contribution in [0.2, 0.25) is 0 Å². The van der Waals surface area contributed by atoms with E-state index in [0.717, 1.165) is 37.3 Å². The molecule has 8 heteroatoms. The number of halogens is 3. The Kier molecular flexibility index (Phi) is 10.1. The smallest absolute Gasteiger partial charge is 0.387 e. The molecule has 0 amide bonds. The van der Waals surface area contributed by atoms with Crippen molar-refractivity contribution in [3.63, 3.8) is 0 Å². The summed E-state index contributed by atoms with van der Waals surface area (Å²) < 4.78 is 28.7. The van der Waals surface area contributed by atoms with E-state index < -0.39 is 6.61 Å². The molecule has 0 aromatic heterocycles. The molecule has 0 spiro atoms. The Bertz CT molecular complexity index is 558. The predicted molar refractivity (Wildman–Crippen MR) is 109 cm³/mol. The minimum Gasteiger partial charge on any atom is -0.435 e. The molecule has 0 bridgehead atoms. The number of alkyl halides is 2. The lowest BCUT2D eigenvalue weighted by atomic mass is 10.1.